The molecule has 3 nitrogen and oxygen atoms in total. The Morgan fingerprint density at radius 1 is 0.760 bits per heavy atom. The lowest BCUT2D eigenvalue weighted by Gasteiger charge is -2.18. The topological polar surface area (TPSA) is 36.4 Å². The van der Waals surface area contributed by atoms with Gasteiger partial charge in [-0.25, -0.2) is 4.99 Å². The van der Waals surface area contributed by atoms with Crippen molar-refractivity contribution in [3.05, 3.63) is 91.0 Å². The molecule has 0 amide bonds. The van der Waals surface area contributed by atoms with E-state index in [0.717, 1.165) is 29.4 Å². The maximum atomic E-state index is 4.83. The molecule has 0 radical (unpaired) electrons. The second-order valence-electron chi connectivity index (χ2n) is 5.97. The molecule has 126 valence electrons. The van der Waals surface area contributed by atoms with Gasteiger partial charge in [-0.05, 0) is 36.4 Å². The van der Waals surface area contributed by atoms with Crippen LogP contribution in [0.5, 0.6) is 0 Å². The number of para-hydroxylation sites is 3. The molecule has 0 fully saturated rings. The minimum Gasteiger partial charge on any atom is -0.384 e. The summed E-state index contributed by atoms with van der Waals surface area (Å²) in [6.45, 7) is 2.98. The van der Waals surface area contributed by atoms with E-state index >= 15 is 0 Å². The van der Waals surface area contributed by atoms with Crippen molar-refractivity contribution >= 4 is 22.9 Å². The van der Waals surface area contributed by atoms with E-state index in [4.69, 9.17) is 4.99 Å². The minimum atomic E-state index is 0.223. The highest BCUT2D eigenvalue weighted by atomic mass is 15.0. The lowest BCUT2D eigenvalue weighted by atomic mass is 10.1. The lowest BCUT2D eigenvalue weighted by molar-refractivity contribution is 0.813. The summed E-state index contributed by atoms with van der Waals surface area (Å²) in [5.74, 6) is 1.17. The van der Waals surface area contributed by atoms with E-state index in [1.54, 1.807) is 0 Å². The zero-order chi connectivity index (χ0) is 17.3. The van der Waals surface area contributed by atoms with Crippen LogP contribution in [0.4, 0.5) is 17.1 Å². The molecule has 0 aliphatic rings. The fourth-order valence-electron chi connectivity index (χ4n) is 2.50. The number of aliphatic imine (C=N–C) groups is 1. The summed E-state index contributed by atoms with van der Waals surface area (Å²) in [5.41, 5.74) is 3.12. The second kappa shape index (κ2) is 8.69. The number of nitrogens with zero attached hydrogens (tertiary/aromatic N) is 1. The van der Waals surface area contributed by atoms with Gasteiger partial charge in [0, 0.05) is 23.8 Å². The van der Waals surface area contributed by atoms with Gasteiger partial charge in [-0.3, -0.25) is 0 Å². The third-order valence-corrected chi connectivity index (χ3v) is 3.90. The summed E-state index contributed by atoms with van der Waals surface area (Å²) >= 11 is 0. The van der Waals surface area contributed by atoms with Crippen LogP contribution < -0.4 is 10.6 Å². The van der Waals surface area contributed by atoms with Crippen molar-refractivity contribution in [1.82, 2.24) is 0 Å². The van der Waals surface area contributed by atoms with Crippen molar-refractivity contribution in [2.45, 2.75) is 6.92 Å². The van der Waals surface area contributed by atoms with E-state index in [-0.39, 0.29) is 5.92 Å². The number of anilines is 2. The number of nitrogens with one attached hydrogen (secondary N) is 2. The smallest absolute Gasteiger partial charge is 0.111 e. The van der Waals surface area contributed by atoms with Crippen LogP contribution in [0, 0.1) is 5.92 Å². The lowest BCUT2D eigenvalue weighted by Crippen LogP contribution is -2.26. The molecule has 3 aromatic carbocycles. The Morgan fingerprint density at radius 2 is 1.28 bits per heavy atom. The molecule has 3 rings (SSSR count). The normalized spacial score (nSPS) is 12.4. The van der Waals surface area contributed by atoms with Crippen molar-refractivity contribution in [1.29, 1.82) is 0 Å². The van der Waals surface area contributed by atoms with Gasteiger partial charge < -0.3 is 10.6 Å². The third-order valence-electron chi connectivity index (χ3n) is 3.90. The summed E-state index contributed by atoms with van der Waals surface area (Å²) in [6, 6.07) is 30.5. The van der Waals surface area contributed by atoms with Crippen LogP contribution in [-0.2, 0) is 0 Å². The van der Waals surface area contributed by atoms with Crippen LogP contribution in [0.3, 0.4) is 0 Å². The first kappa shape index (κ1) is 16.8. The molecule has 0 aliphatic heterocycles. The molecule has 25 heavy (non-hydrogen) atoms. The molecule has 0 saturated heterocycles. The molecule has 0 spiro atoms. The van der Waals surface area contributed by atoms with Crippen LogP contribution in [0.25, 0.3) is 0 Å². The standard InChI is InChI=1S/C22H23N3/c1-18(17-23-19-11-5-2-6-12-19)22(24-20-13-7-3-8-14-20)25-21-15-9-4-10-16-21/h2-16,18,23H,17H2,1H3,(H,24,25)/t18-/m1/s1. The summed E-state index contributed by atoms with van der Waals surface area (Å²) in [7, 11) is 0. The molecule has 0 bridgehead atoms. The average molecular weight is 329 g/mol. The molecule has 2 N–H and O–H groups in total. The fraction of sp³-hybridized carbons (Fsp3) is 0.136. The molecule has 0 aromatic heterocycles. The zero-order valence-electron chi connectivity index (χ0n) is 14.4. The summed E-state index contributed by atoms with van der Waals surface area (Å²) < 4.78 is 0. The summed E-state index contributed by atoms with van der Waals surface area (Å²) in [4.78, 5) is 4.83. The van der Waals surface area contributed by atoms with Crippen LogP contribution in [0.2, 0.25) is 0 Å². The van der Waals surface area contributed by atoms with E-state index in [1.165, 1.54) is 0 Å². The average Bonchev–Trinajstić information content (AvgIpc) is 2.68. The molecular weight excluding hydrogens is 306 g/mol. The predicted octanol–water partition coefficient (Wildman–Crippen LogP) is 5.58. The van der Waals surface area contributed by atoms with E-state index in [0.29, 0.717) is 0 Å². The molecule has 1 atom stereocenters. The molecule has 3 heteroatoms. The first-order chi connectivity index (χ1) is 12.3. The Morgan fingerprint density at radius 3 is 1.88 bits per heavy atom. The molecular formula is C22H23N3. The molecule has 0 aliphatic carbocycles. The van der Waals surface area contributed by atoms with Gasteiger partial charge >= 0.3 is 0 Å². The fourth-order valence-corrected chi connectivity index (χ4v) is 2.50. The Hall–Kier alpha value is -3.07. The van der Waals surface area contributed by atoms with E-state index in [1.807, 2.05) is 66.7 Å². The Labute approximate surface area is 149 Å². The zero-order valence-corrected chi connectivity index (χ0v) is 14.4. The van der Waals surface area contributed by atoms with Crippen molar-refractivity contribution in [2.75, 3.05) is 17.2 Å². The van der Waals surface area contributed by atoms with Crippen molar-refractivity contribution in [3.63, 3.8) is 0 Å². The van der Waals surface area contributed by atoms with Gasteiger partial charge in [0.25, 0.3) is 0 Å². The van der Waals surface area contributed by atoms with Gasteiger partial charge in [-0.2, -0.15) is 0 Å². The van der Waals surface area contributed by atoms with Gasteiger partial charge in [-0.1, -0.05) is 61.5 Å². The van der Waals surface area contributed by atoms with Crippen LogP contribution >= 0.6 is 0 Å². The van der Waals surface area contributed by atoms with E-state index in [9.17, 15) is 0 Å². The quantitative estimate of drug-likeness (QED) is 0.458. The molecule has 0 heterocycles. The predicted molar refractivity (Wildman–Crippen MR) is 108 cm³/mol. The van der Waals surface area contributed by atoms with Crippen LogP contribution in [0.15, 0.2) is 96.0 Å². The highest BCUT2D eigenvalue weighted by Gasteiger charge is 2.11. The van der Waals surface area contributed by atoms with E-state index in [2.05, 4.69) is 41.8 Å². The van der Waals surface area contributed by atoms with Gasteiger partial charge in [0.15, 0.2) is 0 Å². The molecule has 0 unspecified atom stereocenters. The third kappa shape index (κ3) is 5.21. The van der Waals surface area contributed by atoms with Gasteiger partial charge in [0.2, 0.25) is 0 Å². The largest absolute Gasteiger partial charge is 0.384 e. The van der Waals surface area contributed by atoms with Gasteiger partial charge in [-0.15, -0.1) is 0 Å². The minimum absolute atomic E-state index is 0.223. The first-order valence-electron chi connectivity index (χ1n) is 8.56. The molecule has 3 aromatic rings. The Balaban J connectivity index is 1.76. The van der Waals surface area contributed by atoms with Crippen molar-refractivity contribution < 1.29 is 0 Å². The van der Waals surface area contributed by atoms with Crippen molar-refractivity contribution in [2.24, 2.45) is 10.9 Å². The number of benzene rings is 3. The monoisotopic (exact) mass is 329 g/mol. The number of hydrogen-bond acceptors (Lipinski definition) is 2. The van der Waals surface area contributed by atoms with Crippen LogP contribution in [-0.4, -0.2) is 12.4 Å². The maximum absolute atomic E-state index is 4.83. The number of rotatable bonds is 6. The first-order valence-corrected chi connectivity index (χ1v) is 8.56. The van der Waals surface area contributed by atoms with Gasteiger partial charge in [0.1, 0.15) is 5.84 Å². The highest BCUT2D eigenvalue weighted by molar-refractivity contribution is 5.98. The maximum Gasteiger partial charge on any atom is 0.111 e. The Kier molecular flexibility index (Phi) is 5.83. The highest BCUT2D eigenvalue weighted by Crippen LogP contribution is 2.16. The van der Waals surface area contributed by atoms with E-state index < -0.39 is 0 Å². The summed E-state index contributed by atoms with van der Waals surface area (Å²) in [6.07, 6.45) is 0. The van der Waals surface area contributed by atoms with Gasteiger partial charge in [0.05, 0.1) is 5.69 Å². The summed E-state index contributed by atoms with van der Waals surface area (Å²) in [5, 5.41) is 6.95. The SMILES string of the molecule is C[C@H](CNc1ccccc1)C(=Nc1ccccc1)Nc1ccccc1. The second-order valence-corrected chi connectivity index (χ2v) is 5.97. The Bertz CT molecular complexity index is 783. The van der Waals surface area contributed by atoms with Crippen molar-refractivity contribution in [3.8, 4) is 0 Å². The number of hydrogen-bond donors (Lipinski definition) is 2. The number of amidine groups is 1. The van der Waals surface area contributed by atoms with Crippen LogP contribution in [0.1, 0.15) is 6.92 Å². The molecule has 0 saturated carbocycles.